The van der Waals surface area contributed by atoms with Crippen molar-refractivity contribution < 1.29 is 22.0 Å². The predicted molar refractivity (Wildman–Crippen MR) is 98.3 cm³/mol. The molecule has 1 aromatic carbocycles. The lowest BCUT2D eigenvalue weighted by atomic mass is 10.2. The molecular formula is C16H18F2N4O3S2. The van der Waals surface area contributed by atoms with Gasteiger partial charge in [0.05, 0.1) is 5.56 Å². The van der Waals surface area contributed by atoms with E-state index in [-0.39, 0.29) is 16.3 Å². The number of aromatic nitrogens is 2. The Kier molecular flexibility index (Phi) is 5.82. The Bertz CT molecular complexity index is 957. The number of hydrogen-bond acceptors (Lipinski definition) is 5. The van der Waals surface area contributed by atoms with Gasteiger partial charge in [-0.15, -0.1) is 0 Å². The van der Waals surface area contributed by atoms with E-state index in [0.29, 0.717) is 31.1 Å². The van der Waals surface area contributed by atoms with E-state index in [4.69, 9.17) is 0 Å². The van der Waals surface area contributed by atoms with Gasteiger partial charge in [-0.2, -0.15) is 21.2 Å². The first-order chi connectivity index (χ1) is 12.8. The normalized spacial score (nSPS) is 15.7. The van der Waals surface area contributed by atoms with Crippen LogP contribution in [0.1, 0.15) is 17.3 Å². The van der Waals surface area contributed by atoms with Crippen LogP contribution >= 0.6 is 11.8 Å². The monoisotopic (exact) mass is 416 g/mol. The van der Waals surface area contributed by atoms with Gasteiger partial charge in [0, 0.05) is 49.1 Å². The zero-order valence-corrected chi connectivity index (χ0v) is 16.1. The molecule has 1 aromatic heterocycles. The zero-order chi connectivity index (χ0) is 19.6. The third-order valence-electron chi connectivity index (χ3n) is 4.03. The average Bonchev–Trinajstić information content (AvgIpc) is 3.11. The molecule has 0 unspecified atom stereocenters. The fourth-order valence-electron chi connectivity index (χ4n) is 2.59. The van der Waals surface area contributed by atoms with Crippen LogP contribution in [-0.4, -0.2) is 53.0 Å². The third kappa shape index (κ3) is 4.14. The van der Waals surface area contributed by atoms with E-state index in [1.165, 1.54) is 21.3 Å². The molecule has 0 saturated carbocycles. The van der Waals surface area contributed by atoms with Crippen molar-refractivity contribution in [3.05, 3.63) is 41.6 Å². The minimum Gasteiger partial charge on any atom is -0.322 e. The molecule has 1 saturated heterocycles. The number of carbonyl (C=O) groups is 1. The second-order valence-corrected chi connectivity index (χ2v) is 8.88. The molecule has 0 bridgehead atoms. The molecule has 1 fully saturated rings. The summed E-state index contributed by atoms with van der Waals surface area (Å²) in [5, 5.41) is 6.11. The lowest BCUT2D eigenvalue weighted by molar-refractivity contribution is 0.102. The smallest absolute Gasteiger partial charge is 0.263 e. The summed E-state index contributed by atoms with van der Waals surface area (Å²) >= 11 is 1.66. The Labute approximate surface area is 159 Å². The van der Waals surface area contributed by atoms with Gasteiger partial charge in [0.2, 0.25) is 5.03 Å². The van der Waals surface area contributed by atoms with Crippen LogP contribution in [0.4, 0.5) is 14.5 Å². The highest BCUT2D eigenvalue weighted by Gasteiger charge is 2.33. The topological polar surface area (TPSA) is 84.3 Å². The van der Waals surface area contributed by atoms with Gasteiger partial charge in [0.25, 0.3) is 15.9 Å². The predicted octanol–water partition coefficient (Wildman–Crippen LogP) is 2.17. The molecule has 2 aromatic rings. The van der Waals surface area contributed by atoms with Crippen LogP contribution in [-0.2, 0) is 16.6 Å². The number of benzene rings is 1. The van der Waals surface area contributed by atoms with Crippen LogP contribution in [0.5, 0.6) is 0 Å². The standard InChI is InChI=1S/C16H18F2N4O3S2/c1-2-21-10-12(15(23)19-11-3-4-13(17)14(18)9-11)16(20-21)27(24,25)22-5-7-26-8-6-22/h3-4,9-10H,2,5-8H2,1H3,(H,19,23). The van der Waals surface area contributed by atoms with E-state index in [0.717, 1.165) is 12.1 Å². The maximum Gasteiger partial charge on any atom is 0.263 e. The number of nitrogens with zero attached hydrogens (tertiary/aromatic N) is 3. The molecule has 1 N–H and O–H groups in total. The van der Waals surface area contributed by atoms with Crippen LogP contribution < -0.4 is 5.32 Å². The Balaban J connectivity index is 1.93. The van der Waals surface area contributed by atoms with E-state index < -0.39 is 27.6 Å². The number of anilines is 1. The van der Waals surface area contributed by atoms with Crippen molar-refractivity contribution in [1.82, 2.24) is 14.1 Å². The minimum absolute atomic E-state index is 0.0147. The molecule has 0 aliphatic carbocycles. The number of hydrogen-bond donors (Lipinski definition) is 1. The fourth-order valence-corrected chi connectivity index (χ4v) is 5.27. The van der Waals surface area contributed by atoms with E-state index in [9.17, 15) is 22.0 Å². The van der Waals surface area contributed by atoms with Crippen molar-refractivity contribution in [1.29, 1.82) is 0 Å². The summed E-state index contributed by atoms with van der Waals surface area (Å²) in [6.45, 7) is 2.82. The van der Waals surface area contributed by atoms with Gasteiger partial charge in [-0.1, -0.05) is 0 Å². The summed E-state index contributed by atoms with van der Waals surface area (Å²) < 4.78 is 54.9. The Morgan fingerprint density at radius 2 is 1.96 bits per heavy atom. The molecule has 1 aliphatic rings. The van der Waals surface area contributed by atoms with Gasteiger partial charge in [-0.25, -0.2) is 17.2 Å². The zero-order valence-electron chi connectivity index (χ0n) is 14.5. The summed E-state index contributed by atoms with van der Waals surface area (Å²) in [7, 11) is -3.94. The molecule has 0 atom stereocenters. The molecule has 27 heavy (non-hydrogen) atoms. The second-order valence-electron chi connectivity index (χ2n) is 5.80. The highest BCUT2D eigenvalue weighted by molar-refractivity contribution is 7.99. The van der Waals surface area contributed by atoms with Gasteiger partial charge in [0.15, 0.2) is 11.6 Å². The summed E-state index contributed by atoms with van der Waals surface area (Å²) in [6, 6.07) is 2.90. The fraction of sp³-hybridized carbons (Fsp3) is 0.375. The first kappa shape index (κ1) is 19.8. The second kappa shape index (κ2) is 7.95. The number of sulfonamides is 1. The van der Waals surface area contributed by atoms with E-state index in [1.54, 1.807) is 18.7 Å². The van der Waals surface area contributed by atoms with Crippen molar-refractivity contribution in [3.63, 3.8) is 0 Å². The Morgan fingerprint density at radius 3 is 2.59 bits per heavy atom. The van der Waals surface area contributed by atoms with Gasteiger partial charge in [0.1, 0.15) is 0 Å². The molecule has 1 aliphatic heterocycles. The summed E-state index contributed by atoms with van der Waals surface area (Å²) in [4.78, 5) is 12.6. The summed E-state index contributed by atoms with van der Waals surface area (Å²) in [5.74, 6) is -1.58. The lowest BCUT2D eigenvalue weighted by Crippen LogP contribution is -2.38. The lowest BCUT2D eigenvalue weighted by Gasteiger charge is -2.24. The number of thioether (sulfide) groups is 1. The first-order valence-corrected chi connectivity index (χ1v) is 10.8. The minimum atomic E-state index is -3.94. The van der Waals surface area contributed by atoms with Gasteiger partial charge < -0.3 is 5.32 Å². The molecule has 146 valence electrons. The van der Waals surface area contributed by atoms with E-state index in [1.807, 2.05) is 0 Å². The Morgan fingerprint density at radius 1 is 1.26 bits per heavy atom. The first-order valence-electron chi connectivity index (χ1n) is 8.24. The summed E-state index contributed by atoms with van der Waals surface area (Å²) in [6.07, 6.45) is 1.33. The van der Waals surface area contributed by atoms with Crippen molar-refractivity contribution in [2.75, 3.05) is 29.9 Å². The van der Waals surface area contributed by atoms with Crippen molar-refractivity contribution in [2.24, 2.45) is 0 Å². The molecule has 0 spiro atoms. The maximum absolute atomic E-state index is 13.4. The number of amides is 1. The largest absolute Gasteiger partial charge is 0.322 e. The van der Waals surface area contributed by atoms with Crippen molar-refractivity contribution in [2.45, 2.75) is 18.5 Å². The highest BCUT2D eigenvalue weighted by Crippen LogP contribution is 2.23. The van der Waals surface area contributed by atoms with Crippen LogP contribution in [0.3, 0.4) is 0 Å². The van der Waals surface area contributed by atoms with Gasteiger partial charge in [-0.05, 0) is 19.1 Å². The average molecular weight is 416 g/mol. The van der Waals surface area contributed by atoms with Crippen molar-refractivity contribution >= 4 is 33.4 Å². The van der Waals surface area contributed by atoms with Gasteiger partial charge in [-0.3, -0.25) is 9.48 Å². The number of nitrogens with one attached hydrogen (secondary N) is 1. The van der Waals surface area contributed by atoms with Crippen molar-refractivity contribution in [3.8, 4) is 0 Å². The molecule has 7 nitrogen and oxygen atoms in total. The number of rotatable bonds is 5. The van der Waals surface area contributed by atoms with Crippen LogP contribution in [0.25, 0.3) is 0 Å². The Hall–Kier alpha value is -1.98. The molecular weight excluding hydrogens is 398 g/mol. The third-order valence-corrected chi connectivity index (χ3v) is 6.81. The quantitative estimate of drug-likeness (QED) is 0.808. The molecule has 1 amide bonds. The SMILES string of the molecule is CCn1cc(C(=O)Nc2ccc(F)c(F)c2)c(S(=O)(=O)N2CCSCC2)n1. The maximum atomic E-state index is 13.4. The van der Waals surface area contributed by atoms with E-state index in [2.05, 4.69) is 10.4 Å². The van der Waals surface area contributed by atoms with Crippen LogP contribution in [0, 0.1) is 11.6 Å². The number of aryl methyl sites for hydroxylation is 1. The molecule has 3 rings (SSSR count). The highest BCUT2D eigenvalue weighted by atomic mass is 32.2. The number of carbonyl (C=O) groups excluding carboxylic acids is 1. The molecule has 0 radical (unpaired) electrons. The molecule has 2 heterocycles. The summed E-state index contributed by atoms with van der Waals surface area (Å²) in [5.41, 5.74) is -0.124. The van der Waals surface area contributed by atoms with E-state index >= 15 is 0 Å². The van der Waals surface area contributed by atoms with Gasteiger partial charge >= 0.3 is 0 Å². The molecule has 11 heteroatoms. The number of halogens is 2. The van der Waals surface area contributed by atoms with Crippen LogP contribution in [0.15, 0.2) is 29.4 Å². The van der Waals surface area contributed by atoms with Crippen LogP contribution in [0.2, 0.25) is 0 Å².